The number of rotatable bonds is 26. The molecule has 10 nitrogen and oxygen atoms in total. The van der Waals surface area contributed by atoms with E-state index in [0.717, 1.165) is 38.5 Å². The number of aryl methyl sites for hydroxylation is 2. The molecule has 0 saturated heterocycles. The summed E-state index contributed by atoms with van der Waals surface area (Å²) >= 11 is 0. The zero-order chi connectivity index (χ0) is 42.2. The summed E-state index contributed by atoms with van der Waals surface area (Å²) in [5.74, 6) is 0.709. The first-order valence-electron chi connectivity index (χ1n) is 20.9. The van der Waals surface area contributed by atoms with Crippen LogP contribution in [0.2, 0.25) is 0 Å². The van der Waals surface area contributed by atoms with E-state index in [9.17, 15) is 36.2 Å². The van der Waals surface area contributed by atoms with E-state index < -0.39 is 20.2 Å². The summed E-state index contributed by atoms with van der Waals surface area (Å²) in [6, 6.07) is 21.3. The monoisotopic (exact) mass is 878 g/mol. The summed E-state index contributed by atoms with van der Waals surface area (Å²) in [7, 11) is -9.12. The summed E-state index contributed by atoms with van der Waals surface area (Å²) in [4.78, 5) is -0.474. The third-order valence-electron chi connectivity index (χ3n) is 9.84. The van der Waals surface area contributed by atoms with Crippen LogP contribution in [-0.4, -0.2) is 68.8 Å². The number of phenols is 1. The number of hydrogen-bond acceptors (Lipinski definition) is 9. The van der Waals surface area contributed by atoms with Gasteiger partial charge in [0, 0.05) is 0 Å². The molecule has 0 amide bonds. The molecule has 0 atom stereocenters. The third kappa shape index (κ3) is 20.5. The standard InChI is InChI=1S/2C23H32O5S.Ca/c2*1-2-3-4-5-6-7-8-9-10-12-19-13-11-14-22(23(19)29(25,26)27)28-21-17-15-20(24)16-18-21;/h2*11,13-18,24H,2-10,12H2,1H3,(H,25,26,27);/q;;+2/p-2. The van der Waals surface area contributed by atoms with Crippen LogP contribution < -0.4 is 14.6 Å². The molecule has 320 valence electrons. The van der Waals surface area contributed by atoms with Crippen molar-refractivity contribution in [2.75, 3.05) is 0 Å². The van der Waals surface area contributed by atoms with Gasteiger partial charge in [0.25, 0.3) is 10.1 Å². The van der Waals surface area contributed by atoms with Gasteiger partial charge in [0.05, 0.1) is 0 Å². The first kappa shape index (κ1) is 52.3. The van der Waals surface area contributed by atoms with E-state index in [0.29, 0.717) is 35.5 Å². The average molecular weight is 879 g/mol. The fourth-order valence-corrected chi connectivity index (χ4v) is 8.49. The maximum absolute atomic E-state index is 12.0. The number of aromatic hydroxyl groups is 1. The van der Waals surface area contributed by atoms with E-state index in [-0.39, 0.29) is 70.5 Å². The molecule has 0 aliphatic carbocycles. The van der Waals surface area contributed by atoms with Crippen molar-refractivity contribution in [1.82, 2.24) is 0 Å². The van der Waals surface area contributed by atoms with Gasteiger partial charge >= 0.3 is 37.7 Å². The largest absolute Gasteiger partial charge is 2.00 e. The molecule has 0 fully saturated rings. The van der Waals surface area contributed by atoms with Crippen molar-refractivity contribution in [2.45, 2.75) is 152 Å². The molecule has 0 saturated carbocycles. The topological polar surface area (TPSA) is 173 Å². The molecule has 13 heteroatoms. The molecule has 4 aromatic carbocycles. The van der Waals surface area contributed by atoms with Gasteiger partial charge in [-0.3, -0.25) is 4.55 Å². The Morgan fingerprint density at radius 1 is 0.508 bits per heavy atom. The molecule has 0 heterocycles. The zero-order valence-corrected chi connectivity index (χ0v) is 38.8. The van der Waals surface area contributed by atoms with Crippen LogP contribution in [0.4, 0.5) is 0 Å². The molecule has 0 bridgehead atoms. The molecule has 0 aliphatic heterocycles. The van der Waals surface area contributed by atoms with Crippen LogP contribution >= 0.6 is 0 Å². The van der Waals surface area contributed by atoms with E-state index in [2.05, 4.69) is 13.8 Å². The van der Waals surface area contributed by atoms with E-state index >= 15 is 0 Å². The SMILES string of the molecule is CCCCCCCCCCCc1cccc(Oc2ccc(O)cc2)c1S(=O)(=O)O.CCCCCCCCCCCc1cccc(Oc2ccc([O-])cc2)c1S(=O)(=O)[O-].[Ca+2]. The number of phenolic OH excluding ortho intramolecular Hbond substituents is 1. The zero-order valence-electron chi connectivity index (χ0n) is 34.9. The minimum absolute atomic E-state index is 0. The van der Waals surface area contributed by atoms with Gasteiger partial charge in [-0.1, -0.05) is 153 Å². The maximum Gasteiger partial charge on any atom is 2.00 e. The van der Waals surface area contributed by atoms with Gasteiger partial charge in [-0.15, -0.1) is 5.75 Å². The first-order chi connectivity index (χ1) is 27.8. The molecule has 59 heavy (non-hydrogen) atoms. The van der Waals surface area contributed by atoms with Crippen LogP contribution in [0, 0.1) is 0 Å². The number of unbranched alkanes of at least 4 members (excludes halogenated alkanes) is 16. The Balaban J connectivity index is 0.000000400. The van der Waals surface area contributed by atoms with Crippen molar-refractivity contribution in [3.8, 4) is 34.5 Å². The van der Waals surface area contributed by atoms with E-state index in [1.807, 2.05) is 0 Å². The third-order valence-corrected chi connectivity index (χ3v) is 11.8. The summed E-state index contributed by atoms with van der Waals surface area (Å²) in [5.41, 5.74) is 1.05. The number of hydrogen-bond donors (Lipinski definition) is 2. The summed E-state index contributed by atoms with van der Waals surface area (Å²) in [6.07, 6.45) is 22.2. The smallest absolute Gasteiger partial charge is 0.872 e. The van der Waals surface area contributed by atoms with Crippen molar-refractivity contribution < 1.29 is 45.6 Å². The maximum atomic E-state index is 12.0. The van der Waals surface area contributed by atoms with E-state index in [1.165, 1.54) is 138 Å². The van der Waals surface area contributed by atoms with Gasteiger partial charge in [-0.25, -0.2) is 8.42 Å². The van der Waals surface area contributed by atoms with Crippen LogP contribution in [0.5, 0.6) is 34.5 Å². The molecular formula is C46H62CaO10S2. The Kier molecular flexibility index (Phi) is 25.4. The quantitative estimate of drug-likeness (QED) is 0.0351. The van der Waals surface area contributed by atoms with Gasteiger partial charge < -0.3 is 24.2 Å². The Labute approximate surface area is 383 Å². The van der Waals surface area contributed by atoms with E-state index in [1.54, 1.807) is 24.3 Å². The van der Waals surface area contributed by atoms with Crippen LogP contribution in [0.15, 0.2) is 94.7 Å². The minimum atomic E-state index is -4.69. The van der Waals surface area contributed by atoms with Gasteiger partial charge in [0.15, 0.2) is 0 Å². The Morgan fingerprint density at radius 2 is 0.864 bits per heavy atom. The summed E-state index contributed by atoms with van der Waals surface area (Å²) in [6.45, 7) is 4.42. The second kappa shape index (κ2) is 28.6. The fraction of sp³-hybridized carbons (Fsp3) is 0.478. The normalized spacial score (nSPS) is 11.3. The first-order valence-corrected chi connectivity index (χ1v) is 23.8. The molecule has 0 aliphatic rings. The second-order valence-electron chi connectivity index (χ2n) is 14.7. The molecule has 0 aromatic heterocycles. The summed E-state index contributed by atoms with van der Waals surface area (Å²) < 4.78 is 80.8. The van der Waals surface area contributed by atoms with Crippen molar-refractivity contribution >= 4 is 58.0 Å². The van der Waals surface area contributed by atoms with Crippen molar-refractivity contribution in [3.63, 3.8) is 0 Å². The van der Waals surface area contributed by atoms with Crippen LogP contribution in [0.3, 0.4) is 0 Å². The number of benzene rings is 4. The molecule has 0 spiro atoms. The van der Waals surface area contributed by atoms with Crippen molar-refractivity contribution in [1.29, 1.82) is 0 Å². The summed E-state index contributed by atoms with van der Waals surface area (Å²) in [5, 5.41) is 20.6. The van der Waals surface area contributed by atoms with Gasteiger partial charge in [-0.2, -0.15) is 8.42 Å². The van der Waals surface area contributed by atoms with E-state index in [4.69, 9.17) is 9.47 Å². The van der Waals surface area contributed by atoms with Crippen LogP contribution in [-0.2, 0) is 33.1 Å². The Morgan fingerprint density at radius 3 is 1.25 bits per heavy atom. The molecular weight excluding hydrogens is 817 g/mol. The molecule has 2 N–H and O–H groups in total. The van der Waals surface area contributed by atoms with Crippen LogP contribution in [0.25, 0.3) is 0 Å². The molecule has 4 aromatic rings. The Bertz CT molecular complexity index is 1840. The predicted octanol–water partition coefficient (Wildman–Crippen LogP) is 11.7. The number of ether oxygens (including phenoxy) is 2. The van der Waals surface area contributed by atoms with Gasteiger partial charge in [0.1, 0.15) is 48.7 Å². The second-order valence-corrected chi connectivity index (χ2v) is 17.4. The van der Waals surface area contributed by atoms with Crippen molar-refractivity contribution in [3.05, 3.63) is 96.1 Å². The molecule has 0 unspecified atom stereocenters. The fourth-order valence-electron chi connectivity index (χ4n) is 6.78. The molecule has 4 rings (SSSR count). The predicted molar refractivity (Wildman–Crippen MR) is 232 cm³/mol. The van der Waals surface area contributed by atoms with Crippen molar-refractivity contribution in [2.24, 2.45) is 0 Å². The van der Waals surface area contributed by atoms with Gasteiger partial charge in [-0.05, 0) is 85.3 Å². The Hall–Kier alpha value is -2.84. The minimum Gasteiger partial charge on any atom is -0.872 e. The average Bonchev–Trinajstić information content (AvgIpc) is 3.18. The molecule has 0 radical (unpaired) electrons. The van der Waals surface area contributed by atoms with Crippen LogP contribution in [0.1, 0.15) is 141 Å². The van der Waals surface area contributed by atoms with Gasteiger partial charge in [0.2, 0.25) is 0 Å².